The summed E-state index contributed by atoms with van der Waals surface area (Å²) in [7, 11) is -6.33. The molecule has 0 heterocycles. The maximum atomic E-state index is 11.7. The second kappa shape index (κ2) is 6.07. The maximum Gasteiger partial charge on any atom is 0.193 e. The zero-order valence-electron chi connectivity index (χ0n) is 18.3. The fourth-order valence-electron chi connectivity index (χ4n) is 6.86. The van der Waals surface area contributed by atoms with Crippen molar-refractivity contribution in [3.05, 3.63) is 0 Å². The Kier molecular flexibility index (Phi) is 6.36. The molecule has 0 aromatic heterocycles. The van der Waals surface area contributed by atoms with E-state index in [0.29, 0.717) is 0 Å². The van der Waals surface area contributed by atoms with E-state index in [9.17, 15) is 4.80 Å². The monoisotopic (exact) mass is 438 g/mol. The SMILES string of the molecule is CC(C)(C)[Si](C(C)(C)C)(C(C)(C)C)C(Br)([Si](C)(C)C)[Si](C)(C)O. The van der Waals surface area contributed by atoms with Crippen molar-refractivity contribution in [1.29, 1.82) is 0 Å². The molecule has 1 atom stereocenters. The summed E-state index contributed by atoms with van der Waals surface area (Å²) in [6, 6.07) is 0. The highest BCUT2D eigenvalue weighted by atomic mass is 79.9. The molecule has 0 bridgehead atoms. The lowest BCUT2D eigenvalue weighted by Crippen LogP contribution is -2.84. The summed E-state index contributed by atoms with van der Waals surface area (Å²) in [6.45, 7) is 33.6. The Balaban J connectivity index is 7.46. The lowest BCUT2D eigenvalue weighted by atomic mass is 10.2. The Morgan fingerprint density at radius 3 is 0.870 bits per heavy atom. The number of hydrogen-bond donors (Lipinski definition) is 1. The zero-order chi connectivity index (χ0) is 19.5. The minimum absolute atomic E-state index is 0.0747. The van der Waals surface area contributed by atoms with Crippen molar-refractivity contribution in [2.75, 3.05) is 0 Å². The maximum absolute atomic E-state index is 11.7. The zero-order valence-corrected chi connectivity index (χ0v) is 22.9. The van der Waals surface area contributed by atoms with Crippen molar-refractivity contribution < 1.29 is 4.80 Å². The molecule has 0 aliphatic rings. The highest BCUT2D eigenvalue weighted by molar-refractivity contribution is 9.11. The molecule has 0 aliphatic heterocycles. The molecule has 0 aliphatic carbocycles. The van der Waals surface area contributed by atoms with E-state index in [1.165, 1.54) is 0 Å². The molecule has 23 heavy (non-hydrogen) atoms. The fraction of sp³-hybridized carbons (Fsp3) is 1.00. The van der Waals surface area contributed by atoms with Gasteiger partial charge in [-0.15, -0.1) is 0 Å². The molecule has 0 rings (SSSR count). The topological polar surface area (TPSA) is 20.2 Å². The first-order valence-corrected chi connectivity index (χ1v) is 18.2. The van der Waals surface area contributed by atoms with Crippen LogP contribution in [-0.2, 0) is 0 Å². The minimum Gasteiger partial charge on any atom is -0.431 e. The van der Waals surface area contributed by atoms with Crippen LogP contribution in [0.5, 0.6) is 0 Å². The molecule has 0 spiro atoms. The van der Waals surface area contributed by atoms with E-state index in [2.05, 4.69) is 111 Å². The van der Waals surface area contributed by atoms with Crippen molar-refractivity contribution in [2.45, 2.75) is 113 Å². The Hall–Kier alpha value is 1.09. The average Bonchev–Trinajstić information content (AvgIpc) is 2.05. The van der Waals surface area contributed by atoms with Crippen molar-refractivity contribution in [2.24, 2.45) is 0 Å². The number of halogens is 1. The Bertz CT molecular complexity index is 376. The van der Waals surface area contributed by atoms with Gasteiger partial charge < -0.3 is 4.80 Å². The van der Waals surface area contributed by atoms with Crippen molar-refractivity contribution >= 4 is 40.4 Å². The number of hydrogen-bond acceptors (Lipinski definition) is 1. The van der Waals surface area contributed by atoms with E-state index in [-0.39, 0.29) is 18.3 Å². The molecular weight excluding hydrogens is 396 g/mol. The van der Waals surface area contributed by atoms with Crippen LogP contribution in [0.3, 0.4) is 0 Å². The fourth-order valence-corrected chi connectivity index (χ4v) is 44.3. The predicted octanol–water partition coefficient (Wildman–Crippen LogP) is 7.12. The average molecular weight is 440 g/mol. The van der Waals surface area contributed by atoms with Gasteiger partial charge in [0.1, 0.15) is 0 Å². The molecule has 0 aromatic carbocycles. The van der Waals surface area contributed by atoms with Crippen LogP contribution in [0.15, 0.2) is 0 Å². The Morgan fingerprint density at radius 2 is 0.826 bits per heavy atom. The largest absolute Gasteiger partial charge is 0.431 e. The van der Waals surface area contributed by atoms with E-state index in [1.807, 2.05) is 0 Å². The van der Waals surface area contributed by atoms with Gasteiger partial charge >= 0.3 is 0 Å². The summed E-state index contributed by atoms with van der Waals surface area (Å²) in [4.78, 5) is 11.7. The minimum atomic E-state index is -2.47. The molecular formula is C18H43BrOSi3. The molecule has 5 heteroatoms. The molecule has 0 radical (unpaired) electrons. The van der Waals surface area contributed by atoms with Gasteiger partial charge in [0.25, 0.3) is 0 Å². The Labute approximate surface area is 158 Å². The van der Waals surface area contributed by atoms with Crippen LogP contribution in [-0.4, -0.2) is 32.5 Å². The molecule has 1 unspecified atom stereocenters. The quantitative estimate of drug-likeness (QED) is 0.366. The summed E-state index contributed by atoms with van der Waals surface area (Å²) in [5.74, 6) is 0. The highest BCUT2D eigenvalue weighted by Gasteiger charge is 2.76. The van der Waals surface area contributed by atoms with Gasteiger partial charge in [-0.3, -0.25) is 0 Å². The van der Waals surface area contributed by atoms with Crippen LogP contribution >= 0.6 is 15.9 Å². The molecule has 0 amide bonds. The molecule has 0 aromatic rings. The van der Waals surface area contributed by atoms with Crippen molar-refractivity contribution in [1.82, 2.24) is 0 Å². The molecule has 0 saturated carbocycles. The molecule has 0 fully saturated rings. The Morgan fingerprint density at radius 1 is 0.609 bits per heavy atom. The smallest absolute Gasteiger partial charge is 0.193 e. The molecule has 0 saturated heterocycles. The summed E-state index contributed by atoms with van der Waals surface area (Å²) in [6.07, 6.45) is 0. The lowest BCUT2D eigenvalue weighted by molar-refractivity contribution is 0.501. The summed E-state index contributed by atoms with van der Waals surface area (Å²) in [5, 5.41) is 0.542. The summed E-state index contributed by atoms with van der Waals surface area (Å²) >= 11 is 4.39. The van der Waals surface area contributed by atoms with E-state index in [4.69, 9.17) is 0 Å². The van der Waals surface area contributed by atoms with Crippen LogP contribution in [0, 0.1) is 0 Å². The number of alkyl halides is 1. The second-order valence-corrected chi connectivity index (χ2v) is 32.7. The summed E-state index contributed by atoms with van der Waals surface area (Å²) in [5.41, 5.74) is 0. The first kappa shape index (κ1) is 24.1. The van der Waals surface area contributed by atoms with Gasteiger partial charge in [-0.1, -0.05) is 97.9 Å². The van der Waals surface area contributed by atoms with Gasteiger partial charge in [0.15, 0.2) is 8.32 Å². The van der Waals surface area contributed by atoms with Gasteiger partial charge in [-0.2, -0.15) is 0 Å². The first-order chi connectivity index (χ1) is 9.50. The normalized spacial score (nSPS) is 18.8. The van der Waals surface area contributed by atoms with Crippen LogP contribution in [0.25, 0.3) is 0 Å². The first-order valence-electron chi connectivity index (χ1n) is 8.91. The van der Waals surface area contributed by atoms with E-state index >= 15 is 0 Å². The standard InChI is InChI=1S/C18H43BrOSi3/c1-15(2,3)23(16(4,5)6,17(7,8)9)18(19,21(10,11)12)22(13,14)20/h20H,1-14H3. The van der Waals surface area contributed by atoms with Crippen molar-refractivity contribution in [3.63, 3.8) is 0 Å². The van der Waals surface area contributed by atoms with Crippen LogP contribution in [0.4, 0.5) is 0 Å². The van der Waals surface area contributed by atoms with E-state index < -0.39 is 24.5 Å². The van der Waals surface area contributed by atoms with Gasteiger partial charge in [-0.25, -0.2) is 0 Å². The van der Waals surface area contributed by atoms with Gasteiger partial charge in [0.05, 0.1) is 16.1 Å². The molecule has 140 valence electrons. The third kappa shape index (κ3) is 3.38. The lowest BCUT2D eigenvalue weighted by Gasteiger charge is -2.71. The highest BCUT2D eigenvalue weighted by Crippen LogP contribution is 2.71. The third-order valence-electron chi connectivity index (χ3n) is 5.77. The number of rotatable bonds is 3. The van der Waals surface area contributed by atoms with Crippen LogP contribution in [0.2, 0.25) is 47.8 Å². The van der Waals surface area contributed by atoms with Gasteiger partial charge in [0.2, 0.25) is 0 Å². The van der Waals surface area contributed by atoms with Gasteiger partial charge in [0, 0.05) is 3.19 Å². The van der Waals surface area contributed by atoms with E-state index in [0.717, 1.165) is 0 Å². The van der Waals surface area contributed by atoms with Crippen molar-refractivity contribution in [3.8, 4) is 0 Å². The molecule has 1 N–H and O–H groups in total. The van der Waals surface area contributed by atoms with Crippen LogP contribution < -0.4 is 0 Å². The third-order valence-corrected chi connectivity index (χ3v) is 36.0. The van der Waals surface area contributed by atoms with Crippen LogP contribution in [0.1, 0.15) is 62.3 Å². The van der Waals surface area contributed by atoms with Gasteiger partial charge in [-0.05, 0) is 28.2 Å². The second-order valence-electron chi connectivity index (χ2n) is 12.0. The predicted molar refractivity (Wildman–Crippen MR) is 120 cm³/mol. The van der Waals surface area contributed by atoms with E-state index in [1.54, 1.807) is 0 Å². The molecule has 1 nitrogen and oxygen atoms in total. The summed E-state index contributed by atoms with van der Waals surface area (Å²) < 4.78 is -0.0747.